The summed E-state index contributed by atoms with van der Waals surface area (Å²) in [5.74, 6) is 2.51. The lowest BCUT2D eigenvalue weighted by molar-refractivity contribution is 0.415. The number of thioether (sulfide) groups is 1. The van der Waals surface area contributed by atoms with Crippen molar-refractivity contribution in [3.8, 4) is 5.75 Å². The van der Waals surface area contributed by atoms with Gasteiger partial charge < -0.3 is 9.15 Å². The van der Waals surface area contributed by atoms with Gasteiger partial charge in [-0.25, -0.2) is 4.98 Å². The Balaban J connectivity index is 1.92. The number of ether oxygens (including phenoxy) is 1. The third-order valence-corrected chi connectivity index (χ3v) is 4.91. The van der Waals surface area contributed by atoms with Gasteiger partial charge in [-0.3, -0.25) is 5.10 Å². The maximum atomic E-state index is 5.45. The van der Waals surface area contributed by atoms with Crippen LogP contribution in [-0.4, -0.2) is 22.3 Å². The zero-order valence-electron chi connectivity index (χ0n) is 12.8. The summed E-state index contributed by atoms with van der Waals surface area (Å²) in [6.07, 6.45) is 1.70. The van der Waals surface area contributed by atoms with Gasteiger partial charge in [0, 0.05) is 16.0 Å². The highest BCUT2D eigenvalue weighted by Crippen LogP contribution is 2.38. The Kier molecular flexibility index (Phi) is 3.46. The van der Waals surface area contributed by atoms with Crippen molar-refractivity contribution in [2.24, 2.45) is 0 Å². The Labute approximate surface area is 137 Å². The lowest BCUT2D eigenvalue weighted by Crippen LogP contribution is -1.89. The van der Waals surface area contributed by atoms with Crippen LogP contribution in [0.25, 0.3) is 21.9 Å². The van der Waals surface area contributed by atoms with Crippen molar-refractivity contribution < 1.29 is 9.15 Å². The van der Waals surface area contributed by atoms with Crippen molar-refractivity contribution in [2.45, 2.75) is 17.6 Å². The fourth-order valence-corrected chi connectivity index (χ4v) is 3.79. The first-order chi connectivity index (χ1) is 11.3. The van der Waals surface area contributed by atoms with E-state index >= 15 is 0 Å². The number of fused-ring (bicyclic) bond motifs is 2. The standard InChI is InChI=1S/C17H15N3O2S/c1-10-15-16(23-9-12-4-3-7-22-12)13-8-11(21-2)5-6-14(13)18-17(15)20-19-10/h3-8H,9H2,1-2H3,(H,18,19,20). The molecule has 116 valence electrons. The zero-order chi connectivity index (χ0) is 15.8. The molecule has 3 heterocycles. The van der Waals surface area contributed by atoms with Gasteiger partial charge in [-0.05, 0) is 37.3 Å². The molecule has 0 fully saturated rings. The molecule has 0 saturated carbocycles. The molecular formula is C17H15N3O2S. The third-order valence-electron chi connectivity index (χ3n) is 3.77. The quantitative estimate of drug-likeness (QED) is 0.566. The van der Waals surface area contributed by atoms with Gasteiger partial charge in [-0.2, -0.15) is 5.10 Å². The van der Waals surface area contributed by atoms with Gasteiger partial charge in [0.1, 0.15) is 11.5 Å². The van der Waals surface area contributed by atoms with Gasteiger partial charge in [0.15, 0.2) is 5.65 Å². The van der Waals surface area contributed by atoms with Crippen LogP contribution in [0.4, 0.5) is 0 Å². The summed E-state index contributed by atoms with van der Waals surface area (Å²) in [6, 6.07) is 9.80. The molecule has 1 aromatic carbocycles. The molecule has 0 atom stereocenters. The van der Waals surface area contributed by atoms with Crippen LogP contribution in [0.2, 0.25) is 0 Å². The second kappa shape index (κ2) is 5.62. The smallest absolute Gasteiger partial charge is 0.182 e. The second-order valence-electron chi connectivity index (χ2n) is 5.24. The molecule has 5 nitrogen and oxygen atoms in total. The highest BCUT2D eigenvalue weighted by Gasteiger charge is 2.15. The number of benzene rings is 1. The van der Waals surface area contributed by atoms with E-state index in [9.17, 15) is 0 Å². The van der Waals surface area contributed by atoms with Crippen LogP contribution in [0.15, 0.2) is 45.9 Å². The molecular weight excluding hydrogens is 310 g/mol. The Morgan fingerprint density at radius 3 is 3.00 bits per heavy atom. The molecule has 0 aliphatic rings. The van der Waals surface area contributed by atoms with Crippen LogP contribution < -0.4 is 4.74 Å². The van der Waals surface area contributed by atoms with Gasteiger partial charge in [0.05, 0.1) is 30.0 Å². The SMILES string of the molecule is COc1ccc2nc3n[nH]c(C)c3c(SCc3ccco3)c2c1. The fourth-order valence-electron chi connectivity index (χ4n) is 2.63. The summed E-state index contributed by atoms with van der Waals surface area (Å²) in [6.45, 7) is 2.01. The maximum absolute atomic E-state index is 5.45. The highest BCUT2D eigenvalue weighted by molar-refractivity contribution is 7.99. The molecule has 0 aliphatic carbocycles. The van der Waals surface area contributed by atoms with E-state index in [1.165, 1.54) is 0 Å². The number of aryl methyl sites for hydroxylation is 1. The molecule has 0 aliphatic heterocycles. The summed E-state index contributed by atoms with van der Waals surface area (Å²) in [4.78, 5) is 5.79. The number of hydrogen-bond donors (Lipinski definition) is 1. The summed E-state index contributed by atoms with van der Waals surface area (Å²) in [5, 5.41) is 9.47. The number of aromatic amines is 1. The highest BCUT2D eigenvalue weighted by atomic mass is 32.2. The lowest BCUT2D eigenvalue weighted by atomic mass is 10.1. The number of rotatable bonds is 4. The average molecular weight is 325 g/mol. The van der Waals surface area contributed by atoms with E-state index in [1.54, 1.807) is 25.1 Å². The number of nitrogens with one attached hydrogen (secondary N) is 1. The van der Waals surface area contributed by atoms with Gasteiger partial charge in [0.25, 0.3) is 0 Å². The minimum atomic E-state index is 0.738. The number of nitrogens with zero attached hydrogens (tertiary/aromatic N) is 2. The first-order valence-corrected chi connectivity index (χ1v) is 8.22. The predicted molar refractivity (Wildman–Crippen MR) is 91.0 cm³/mol. The first-order valence-electron chi connectivity index (χ1n) is 7.24. The van der Waals surface area contributed by atoms with E-state index in [0.717, 1.165) is 49.8 Å². The van der Waals surface area contributed by atoms with E-state index in [2.05, 4.69) is 15.2 Å². The van der Waals surface area contributed by atoms with E-state index in [4.69, 9.17) is 9.15 Å². The van der Waals surface area contributed by atoms with Crippen LogP contribution in [0.5, 0.6) is 5.75 Å². The van der Waals surface area contributed by atoms with Crippen LogP contribution >= 0.6 is 11.8 Å². The fraction of sp³-hybridized carbons (Fsp3) is 0.176. The second-order valence-corrected chi connectivity index (χ2v) is 6.22. The van der Waals surface area contributed by atoms with Crippen LogP contribution in [-0.2, 0) is 5.75 Å². The molecule has 4 aromatic rings. The Hall–Kier alpha value is -2.47. The number of aromatic nitrogens is 3. The summed E-state index contributed by atoms with van der Waals surface area (Å²) in [7, 11) is 1.67. The van der Waals surface area contributed by atoms with Crippen LogP contribution in [0, 0.1) is 6.92 Å². The van der Waals surface area contributed by atoms with Gasteiger partial charge in [-0.15, -0.1) is 11.8 Å². The number of H-pyrrole nitrogens is 1. The predicted octanol–water partition coefficient (Wildman–Crippen LogP) is 4.31. The molecule has 3 aromatic heterocycles. The molecule has 23 heavy (non-hydrogen) atoms. The minimum Gasteiger partial charge on any atom is -0.497 e. The van der Waals surface area contributed by atoms with Crippen molar-refractivity contribution in [1.29, 1.82) is 0 Å². The third kappa shape index (κ3) is 2.45. The van der Waals surface area contributed by atoms with Gasteiger partial charge >= 0.3 is 0 Å². The van der Waals surface area contributed by atoms with E-state index in [0.29, 0.717) is 0 Å². The monoisotopic (exact) mass is 325 g/mol. The molecule has 0 saturated heterocycles. The zero-order valence-corrected chi connectivity index (χ0v) is 13.6. The van der Waals surface area contributed by atoms with Crippen molar-refractivity contribution >= 4 is 33.7 Å². The topological polar surface area (TPSA) is 63.9 Å². The van der Waals surface area contributed by atoms with Crippen LogP contribution in [0.3, 0.4) is 0 Å². The van der Waals surface area contributed by atoms with Crippen molar-refractivity contribution in [3.05, 3.63) is 48.0 Å². The lowest BCUT2D eigenvalue weighted by Gasteiger charge is -2.09. The minimum absolute atomic E-state index is 0.738. The molecule has 4 rings (SSSR count). The molecule has 0 unspecified atom stereocenters. The Bertz CT molecular complexity index is 977. The average Bonchev–Trinajstić information content (AvgIpc) is 3.21. The van der Waals surface area contributed by atoms with E-state index in [1.807, 2.05) is 37.3 Å². The molecule has 6 heteroatoms. The van der Waals surface area contributed by atoms with Crippen molar-refractivity contribution in [2.75, 3.05) is 7.11 Å². The number of hydrogen-bond acceptors (Lipinski definition) is 5. The molecule has 0 spiro atoms. The largest absolute Gasteiger partial charge is 0.497 e. The van der Waals surface area contributed by atoms with E-state index < -0.39 is 0 Å². The summed E-state index contributed by atoms with van der Waals surface area (Å²) < 4.78 is 10.8. The normalized spacial score (nSPS) is 11.4. The number of furan rings is 1. The van der Waals surface area contributed by atoms with Crippen molar-refractivity contribution in [3.63, 3.8) is 0 Å². The molecule has 0 amide bonds. The summed E-state index contributed by atoms with van der Waals surface area (Å²) >= 11 is 1.73. The molecule has 1 N–H and O–H groups in total. The van der Waals surface area contributed by atoms with Gasteiger partial charge in [0.2, 0.25) is 0 Å². The first kappa shape index (κ1) is 14.1. The maximum Gasteiger partial charge on any atom is 0.182 e. The molecule has 0 radical (unpaired) electrons. The van der Waals surface area contributed by atoms with Crippen molar-refractivity contribution in [1.82, 2.24) is 15.2 Å². The van der Waals surface area contributed by atoms with E-state index in [-0.39, 0.29) is 0 Å². The number of pyridine rings is 1. The van der Waals surface area contributed by atoms with Crippen LogP contribution in [0.1, 0.15) is 11.5 Å². The number of methoxy groups -OCH3 is 1. The summed E-state index contributed by atoms with van der Waals surface area (Å²) in [5.41, 5.74) is 2.66. The van der Waals surface area contributed by atoms with Gasteiger partial charge in [-0.1, -0.05) is 0 Å². The Morgan fingerprint density at radius 2 is 2.22 bits per heavy atom. The Morgan fingerprint density at radius 1 is 1.30 bits per heavy atom. The molecule has 0 bridgehead atoms.